The topological polar surface area (TPSA) is 92.8 Å². The Hall–Kier alpha value is -3.10. The van der Waals surface area contributed by atoms with Crippen molar-refractivity contribution in [2.24, 2.45) is 0 Å². The highest BCUT2D eigenvalue weighted by Gasteiger charge is 2.11. The van der Waals surface area contributed by atoms with Crippen molar-refractivity contribution in [1.29, 1.82) is 0 Å². The SMILES string of the molecule is COCCc1ccc(-c2csc(NC(=O)c3ccc4n[nH]nc4c3)n2)cc1. The number of thiazole rings is 1. The summed E-state index contributed by atoms with van der Waals surface area (Å²) in [5, 5.41) is 15.8. The maximum atomic E-state index is 12.5. The highest BCUT2D eigenvalue weighted by molar-refractivity contribution is 7.14. The molecule has 0 aliphatic carbocycles. The second-order valence-electron chi connectivity index (χ2n) is 5.96. The lowest BCUT2D eigenvalue weighted by atomic mass is 10.1. The number of nitrogens with zero attached hydrogens (tertiary/aromatic N) is 3. The second-order valence-corrected chi connectivity index (χ2v) is 6.82. The molecule has 0 unspecified atom stereocenters. The highest BCUT2D eigenvalue weighted by Crippen LogP contribution is 2.26. The largest absolute Gasteiger partial charge is 0.384 e. The van der Waals surface area contributed by atoms with Crippen LogP contribution in [0.5, 0.6) is 0 Å². The smallest absolute Gasteiger partial charge is 0.257 e. The molecule has 0 saturated heterocycles. The monoisotopic (exact) mass is 379 g/mol. The number of carbonyl (C=O) groups excluding carboxylic acids is 1. The number of aromatic nitrogens is 4. The number of anilines is 1. The molecule has 2 N–H and O–H groups in total. The Morgan fingerprint density at radius 1 is 1.15 bits per heavy atom. The summed E-state index contributed by atoms with van der Waals surface area (Å²) < 4.78 is 5.10. The lowest BCUT2D eigenvalue weighted by Crippen LogP contribution is -2.11. The first-order valence-electron chi connectivity index (χ1n) is 8.38. The molecule has 0 fully saturated rings. The predicted octanol–water partition coefficient (Wildman–Crippen LogP) is 3.52. The van der Waals surface area contributed by atoms with E-state index >= 15 is 0 Å². The van der Waals surface area contributed by atoms with Crippen molar-refractivity contribution in [3.63, 3.8) is 0 Å². The van der Waals surface area contributed by atoms with E-state index < -0.39 is 0 Å². The molecule has 0 spiro atoms. The quantitative estimate of drug-likeness (QED) is 0.535. The first-order chi connectivity index (χ1) is 13.2. The minimum Gasteiger partial charge on any atom is -0.384 e. The van der Waals surface area contributed by atoms with Crippen LogP contribution in [0.3, 0.4) is 0 Å². The molecule has 1 amide bonds. The Labute approximate surface area is 159 Å². The number of fused-ring (bicyclic) bond motifs is 1. The zero-order valence-corrected chi connectivity index (χ0v) is 15.4. The van der Waals surface area contributed by atoms with Crippen LogP contribution in [-0.2, 0) is 11.2 Å². The number of aromatic amines is 1. The van der Waals surface area contributed by atoms with Crippen LogP contribution < -0.4 is 5.32 Å². The van der Waals surface area contributed by atoms with Crippen LogP contribution in [0.2, 0.25) is 0 Å². The molecule has 0 radical (unpaired) electrons. The van der Waals surface area contributed by atoms with Crippen LogP contribution >= 0.6 is 11.3 Å². The van der Waals surface area contributed by atoms with E-state index in [0.717, 1.165) is 23.2 Å². The number of benzene rings is 2. The standard InChI is InChI=1S/C19H17N5O2S/c1-26-9-8-12-2-4-13(5-3-12)17-11-27-19(20-17)21-18(25)14-6-7-15-16(10-14)23-24-22-15/h2-7,10-11H,8-9H2,1H3,(H,20,21,25)(H,22,23,24). The van der Waals surface area contributed by atoms with E-state index in [9.17, 15) is 4.79 Å². The Kier molecular flexibility index (Phi) is 4.91. The first kappa shape index (κ1) is 17.3. The van der Waals surface area contributed by atoms with Crippen molar-refractivity contribution in [3.05, 3.63) is 59.0 Å². The van der Waals surface area contributed by atoms with Crippen molar-refractivity contribution in [2.75, 3.05) is 19.0 Å². The number of rotatable bonds is 6. The molecule has 0 aliphatic rings. The molecule has 0 atom stereocenters. The van der Waals surface area contributed by atoms with E-state index in [-0.39, 0.29) is 5.91 Å². The molecule has 2 heterocycles. The predicted molar refractivity (Wildman–Crippen MR) is 105 cm³/mol. The van der Waals surface area contributed by atoms with Crippen LogP contribution in [0.1, 0.15) is 15.9 Å². The van der Waals surface area contributed by atoms with Crippen molar-refractivity contribution in [2.45, 2.75) is 6.42 Å². The number of hydrogen-bond donors (Lipinski definition) is 2. The van der Waals surface area contributed by atoms with Crippen LogP contribution in [0.4, 0.5) is 5.13 Å². The summed E-state index contributed by atoms with van der Waals surface area (Å²) in [6.07, 6.45) is 0.880. The molecule has 0 aliphatic heterocycles. The number of carbonyl (C=O) groups is 1. The number of nitrogens with one attached hydrogen (secondary N) is 2. The van der Waals surface area contributed by atoms with Crippen LogP contribution in [-0.4, -0.2) is 40.0 Å². The second kappa shape index (κ2) is 7.65. The van der Waals surface area contributed by atoms with Crippen LogP contribution in [0.25, 0.3) is 22.3 Å². The molecule has 2 aromatic heterocycles. The average Bonchev–Trinajstić information content (AvgIpc) is 3.35. The highest BCUT2D eigenvalue weighted by atomic mass is 32.1. The van der Waals surface area contributed by atoms with Gasteiger partial charge in [-0.2, -0.15) is 15.4 Å². The third kappa shape index (κ3) is 3.86. The van der Waals surface area contributed by atoms with E-state index in [0.29, 0.717) is 22.8 Å². The minimum absolute atomic E-state index is 0.226. The van der Waals surface area contributed by atoms with Gasteiger partial charge in [-0.1, -0.05) is 24.3 Å². The summed E-state index contributed by atoms with van der Waals surface area (Å²) >= 11 is 1.39. The lowest BCUT2D eigenvalue weighted by Gasteiger charge is -2.03. The van der Waals surface area contributed by atoms with Gasteiger partial charge < -0.3 is 4.74 Å². The fraction of sp³-hybridized carbons (Fsp3) is 0.158. The summed E-state index contributed by atoms with van der Waals surface area (Å²) in [6.45, 7) is 0.701. The molecule has 8 heteroatoms. The number of ether oxygens (including phenoxy) is 1. The van der Waals surface area contributed by atoms with E-state index in [4.69, 9.17) is 4.74 Å². The third-order valence-corrected chi connectivity index (χ3v) is 4.91. The Balaban J connectivity index is 1.46. The first-order valence-corrected chi connectivity index (χ1v) is 9.26. The molecule has 7 nitrogen and oxygen atoms in total. The fourth-order valence-corrected chi connectivity index (χ4v) is 3.39. The Bertz CT molecular complexity index is 1070. The molecule has 0 saturated carbocycles. The van der Waals surface area contributed by atoms with Crippen molar-refractivity contribution in [3.8, 4) is 11.3 Å². The molecule has 4 aromatic rings. The van der Waals surface area contributed by atoms with Gasteiger partial charge in [0.15, 0.2) is 5.13 Å². The Morgan fingerprint density at radius 3 is 2.78 bits per heavy atom. The summed E-state index contributed by atoms with van der Waals surface area (Å²) in [4.78, 5) is 17.0. The summed E-state index contributed by atoms with van der Waals surface area (Å²) in [5.41, 5.74) is 4.94. The molecule has 27 heavy (non-hydrogen) atoms. The van der Waals surface area contributed by atoms with Gasteiger partial charge in [0.2, 0.25) is 0 Å². The number of methoxy groups -OCH3 is 1. The van der Waals surface area contributed by atoms with E-state index in [1.54, 1.807) is 25.3 Å². The van der Waals surface area contributed by atoms with Gasteiger partial charge in [0.25, 0.3) is 5.91 Å². The van der Waals surface area contributed by atoms with Crippen molar-refractivity contribution >= 4 is 33.4 Å². The maximum Gasteiger partial charge on any atom is 0.257 e. The van der Waals surface area contributed by atoms with E-state index in [1.165, 1.54) is 16.9 Å². The van der Waals surface area contributed by atoms with Gasteiger partial charge in [-0.3, -0.25) is 10.1 Å². The molecule has 136 valence electrons. The molecule has 4 rings (SSSR count). The zero-order chi connectivity index (χ0) is 18.6. The van der Waals surface area contributed by atoms with Crippen molar-refractivity contribution in [1.82, 2.24) is 20.4 Å². The summed E-state index contributed by atoms with van der Waals surface area (Å²) in [5.74, 6) is -0.226. The van der Waals surface area contributed by atoms with Gasteiger partial charge in [0.1, 0.15) is 11.0 Å². The maximum absolute atomic E-state index is 12.5. The molecule has 0 bridgehead atoms. The lowest BCUT2D eigenvalue weighted by molar-refractivity contribution is 0.102. The molecular formula is C19H17N5O2S. The van der Waals surface area contributed by atoms with Gasteiger partial charge in [0.05, 0.1) is 12.3 Å². The van der Waals surface area contributed by atoms with Gasteiger partial charge in [-0.05, 0) is 30.2 Å². The fourth-order valence-electron chi connectivity index (χ4n) is 2.68. The van der Waals surface area contributed by atoms with E-state index in [1.807, 2.05) is 17.5 Å². The van der Waals surface area contributed by atoms with Gasteiger partial charge >= 0.3 is 0 Å². The summed E-state index contributed by atoms with van der Waals surface area (Å²) in [6, 6.07) is 13.4. The van der Waals surface area contributed by atoms with Crippen molar-refractivity contribution < 1.29 is 9.53 Å². The van der Waals surface area contributed by atoms with Gasteiger partial charge in [0, 0.05) is 23.6 Å². The van der Waals surface area contributed by atoms with Gasteiger partial charge in [-0.15, -0.1) is 11.3 Å². The van der Waals surface area contributed by atoms with E-state index in [2.05, 4.69) is 37.8 Å². The van der Waals surface area contributed by atoms with Crippen LogP contribution in [0.15, 0.2) is 47.8 Å². The Morgan fingerprint density at radius 2 is 1.96 bits per heavy atom. The number of amides is 1. The molecule has 2 aromatic carbocycles. The normalized spacial score (nSPS) is 11.0. The summed E-state index contributed by atoms with van der Waals surface area (Å²) in [7, 11) is 1.70. The zero-order valence-electron chi connectivity index (χ0n) is 14.6. The average molecular weight is 379 g/mol. The number of hydrogen-bond acceptors (Lipinski definition) is 6. The molecular weight excluding hydrogens is 362 g/mol. The minimum atomic E-state index is -0.226. The third-order valence-electron chi connectivity index (χ3n) is 4.15. The van der Waals surface area contributed by atoms with Crippen LogP contribution in [0, 0.1) is 0 Å². The van der Waals surface area contributed by atoms with Gasteiger partial charge in [-0.25, -0.2) is 4.98 Å². The number of H-pyrrole nitrogens is 1.